The van der Waals surface area contributed by atoms with Gasteiger partial charge in [-0.2, -0.15) is 5.26 Å². The Hall–Kier alpha value is -2.10. The van der Waals surface area contributed by atoms with Crippen LogP contribution in [-0.2, 0) is 4.79 Å². The molecule has 0 aromatic heterocycles. The third-order valence-electron chi connectivity index (χ3n) is 3.35. The van der Waals surface area contributed by atoms with Gasteiger partial charge in [0.1, 0.15) is 17.4 Å². The van der Waals surface area contributed by atoms with E-state index in [4.69, 9.17) is 0 Å². The molecule has 0 bridgehead atoms. The lowest BCUT2D eigenvalue weighted by Gasteiger charge is -2.09. The summed E-state index contributed by atoms with van der Waals surface area (Å²) in [5.41, 5.74) is 3.27. The van der Waals surface area contributed by atoms with Crippen molar-refractivity contribution < 1.29 is 9.90 Å². The molecule has 2 rings (SSSR count). The number of halogens is 2. The fourth-order valence-corrected chi connectivity index (χ4v) is 3.35. The SMILES string of the molecule is Cc1ccc(NC(=O)/C(C#N)=C/c2cc(Br)c(O)c(Br)c2)c(C)c1. The number of nitrogens with zero attached hydrogens (tertiary/aromatic N) is 1. The van der Waals surface area contributed by atoms with Crippen molar-refractivity contribution in [2.24, 2.45) is 0 Å². The number of carbonyl (C=O) groups is 1. The van der Waals surface area contributed by atoms with Crippen LogP contribution in [0.4, 0.5) is 5.69 Å². The lowest BCUT2D eigenvalue weighted by atomic mass is 10.1. The summed E-state index contributed by atoms with van der Waals surface area (Å²) >= 11 is 6.45. The molecule has 0 aliphatic heterocycles. The number of benzene rings is 2. The minimum absolute atomic E-state index is 0.0283. The molecule has 0 spiro atoms. The maximum Gasteiger partial charge on any atom is 0.266 e. The number of anilines is 1. The van der Waals surface area contributed by atoms with E-state index < -0.39 is 5.91 Å². The van der Waals surface area contributed by atoms with E-state index in [1.165, 1.54) is 6.08 Å². The Morgan fingerprint density at radius 3 is 2.38 bits per heavy atom. The lowest BCUT2D eigenvalue weighted by Crippen LogP contribution is -2.14. The van der Waals surface area contributed by atoms with Gasteiger partial charge >= 0.3 is 0 Å². The van der Waals surface area contributed by atoms with Crippen LogP contribution in [-0.4, -0.2) is 11.0 Å². The molecule has 6 heteroatoms. The number of phenolic OH excluding ortho intramolecular Hbond substituents is 1. The smallest absolute Gasteiger partial charge is 0.266 e. The highest BCUT2D eigenvalue weighted by Gasteiger charge is 2.12. The second-order valence-electron chi connectivity index (χ2n) is 5.28. The van der Waals surface area contributed by atoms with Crippen LogP contribution in [0.15, 0.2) is 44.9 Å². The van der Waals surface area contributed by atoms with Crippen LogP contribution in [0.3, 0.4) is 0 Å². The van der Waals surface area contributed by atoms with E-state index in [0.717, 1.165) is 11.1 Å². The van der Waals surface area contributed by atoms with E-state index in [1.807, 2.05) is 38.1 Å². The maximum absolute atomic E-state index is 12.3. The summed E-state index contributed by atoms with van der Waals surface area (Å²) in [7, 11) is 0. The van der Waals surface area contributed by atoms with Crippen molar-refractivity contribution in [2.75, 3.05) is 5.32 Å². The number of rotatable bonds is 3. The van der Waals surface area contributed by atoms with Crippen molar-refractivity contribution in [2.45, 2.75) is 13.8 Å². The number of phenols is 1. The van der Waals surface area contributed by atoms with Gasteiger partial charge < -0.3 is 10.4 Å². The molecule has 0 heterocycles. The molecule has 0 radical (unpaired) electrons. The second kappa shape index (κ2) is 7.65. The van der Waals surface area contributed by atoms with Crippen LogP contribution in [0.5, 0.6) is 5.75 Å². The van der Waals surface area contributed by atoms with E-state index >= 15 is 0 Å². The van der Waals surface area contributed by atoms with E-state index in [9.17, 15) is 15.2 Å². The van der Waals surface area contributed by atoms with E-state index in [2.05, 4.69) is 37.2 Å². The minimum Gasteiger partial charge on any atom is -0.506 e. The molecule has 1 amide bonds. The number of carbonyl (C=O) groups excluding carboxylic acids is 1. The summed E-state index contributed by atoms with van der Waals surface area (Å²) in [5.74, 6) is -0.421. The summed E-state index contributed by atoms with van der Waals surface area (Å²) in [6.07, 6.45) is 1.47. The molecule has 122 valence electrons. The van der Waals surface area contributed by atoms with Gasteiger partial charge in [-0.05, 0) is 81.1 Å². The van der Waals surface area contributed by atoms with Gasteiger partial charge in [0.2, 0.25) is 0 Å². The molecular formula is C18H14Br2N2O2. The van der Waals surface area contributed by atoms with Crippen molar-refractivity contribution >= 4 is 49.5 Å². The molecule has 0 saturated carbocycles. The van der Waals surface area contributed by atoms with E-state index in [-0.39, 0.29) is 11.3 Å². The van der Waals surface area contributed by atoms with Crippen molar-refractivity contribution in [3.05, 3.63) is 61.5 Å². The first-order valence-electron chi connectivity index (χ1n) is 7.00. The fourth-order valence-electron chi connectivity index (χ4n) is 2.13. The first-order chi connectivity index (χ1) is 11.3. The summed E-state index contributed by atoms with van der Waals surface area (Å²) in [5, 5.41) is 21.8. The number of aromatic hydroxyl groups is 1. The third kappa shape index (κ3) is 4.25. The van der Waals surface area contributed by atoms with Crippen LogP contribution < -0.4 is 5.32 Å². The Labute approximate surface area is 157 Å². The number of aryl methyl sites for hydroxylation is 2. The zero-order chi connectivity index (χ0) is 17.9. The Kier molecular flexibility index (Phi) is 5.81. The van der Waals surface area contributed by atoms with E-state index in [0.29, 0.717) is 20.2 Å². The summed E-state index contributed by atoms with van der Waals surface area (Å²) in [4.78, 5) is 12.3. The Morgan fingerprint density at radius 2 is 1.83 bits per heavy atom. The molecule has 0 aliphatic rings. The van der Waals surface area contributed by atoms with Gasteiger partial charge in [0.25, 0.3) is 5.91 Å². The van der Waals surface area contributed by atoms with Crippen LogP contribution in [0.2, 0.25) is 0 Å². The highest BCUT2D eigenvalue weighted by atomic mass is 79.9. The number of amides is 1. The monoisotopic (exact) mass is 448 g/mol. The Bertz CT molecular complexity index is 860. The number of nitrogens with one attached hydrogen (secondary N) is 1. The molecule has 4 nitrogen and oxygen atoms in total. The van der Waals surface area contributed by atoms with E-state index in [1.54, 1.807) is 12.1 Å². The van der Waals surface area contributed by atoms with Crippen molar-refractivity contribution in [1.29, 1.82) is 5.26 Å². The van der Waals surface area contributed by atoms with Gasteiger partial charge in [0.05, 0.1) is 8.95 Å². The van der Waals surface area contributed by atoms with Crippen molar-refractivity contribution in [1.82, 2.24) is 0 Å². The molecule has 0 fully saturated rings. The predicted molar refractivity (Wildman–Crippen MR) is 102 cm³/mol. The van der Waals surface area contributed by atoms with Crippen molar-refractivity contribution in [3.63, 3.8) is 0 Å². The first kappa shape index (κ1) is 18.2. The second-order valence-corrected chi connectivity index (χ2v) is 6.98. The van der Waals surface area contributed by atoms with Crippen LogP contribution in [0, 0.1) is 25.2 Å². The number of hydrogen-bond acceptors (Lipinski definition) is 3. The normalized spacial score (nSPS) is 11.0. The van der Waals surface area contributed by atoms with Gasteiger partial charge in [-0.1, -0.05) is 17.7 Å². The summed E-state index contributed by atoms with van der Waals surface area (Å²) in [6.45, 7) is 3.87. The zero-order valence-corrected chi connectivity index (χ0v) is 16.2. The zero-order valence-electron chi connectivity index (χ0n) is 13.0. The van der Waals surface area contributed by atoms with Gasteiger partial charge in [0.15, 0.2) is 0 Å². The highest BCUT2D eigenvalue weighted by molar-refractivity contribution is 9.11. The van der Waals surface area contributed by atoms with Gasteiger partial charge in [0, 0.05) is 5.69 Å². The predicted octanol–water partition coefficient (Wildman–Crippen LogP) is 5.08. The molecule has 2 aromatic carbocycles. The Morgan fingerprint density at radius 1 is 1.21 bits per heavy atom. The average Bonchev–Trinajstić information content (AvgIpc) is 2.52. The molecule has 2 N–H and O–H groups in total. The molecule has 0 saturated heterocycles. The largest absolute Gasteiger partial charge is 0.506 e. The van der Waals surface area contributed by atoms with Gasteiger partial charge in [-0.15, -0.1) is 0 Å². The average molecular weight is 450 g/mol. The van der Waals surface area contributed by atoms with Crippen LogP contribution >= 0.6 is 31.9 Å². The standard InChI is InChI=1S/C18H14Br2N2O2/c1-10-3-4-16(11(2)5-10)22-18(24)13(9-21)6-12-7-14(19)17(23)15(20)8-12/h3-8,23H,1-2H3,(H,22,24)/b13-6+. The summed E-state index contributed by atoms with van der Waals surface area (Å²) < 4.78 is 0.936. The molecule has 0 aliphatic carbocycles. The molecule has 0 unspecified atom stereocenters. The number of nitriles is 1. The van der Waals surface area contributed by atoms with Gasteiger partial charge in [-0.3, -0.25) is 4.79 Å². The topological polar surface area (TPSA) is 73.1 Å². The Balaban J connectivity index is 2.31. The number of hydrogen-bond donors (Lipinski definition) is 2. The minimum atomic E-state index is -0.482. The van der Waals surface area contributed by atoms with Gasteiger partial charge in [-0.25, -0.2) is 0 Å². The maximum atomic E-state index is 12.3. The molecule has 0 atom stereocenters. The van der Waals surface area contributed by atoms with Crippen molar-refractivity contribution in [3.8, 4) is 11.8 Å². The lowest BCUT2D eigenvalue weighted by molar-refractivity contribution is -0.112. The first-order valence-corrected chi connectivity index (χ1v) is 8.59. The fraction of sp³-hybridized carbons (Fsp3) is 0.111. The van der Waals surface area contributed by atoms with Crippen LogP contribution in [0.1, 0.15) is 16.7 Å². The van der Waals surface area contributed by atoms with Crippen LogP contribution in [0.25, 0.3) is 6.08 Å². The molecular weight excluding hydrogens is 436 g/mol. The molecule has 24 heavy (non-hydrogen) atoms. The molecule has 2 aromatic rings. The third-order valence-corrected chi connectivity index (χ3v) is 4.55. The quantitative estimate of drug-likeness (QED) is 0.506. The summed E-state index contributed by atoms with van der Waals surface area (Å²) in [6, 6.07) is 10.8. The highest BCUT2D eigenvalue weighted by Crippen LogP contribution is 2.34.